The smallest absolute Gasteiger partial charge is 0.130 e. The quantitative estimate of drug-likeness (QED) is 0.904. The minimum atomic E-state index is -0.572. The molecule has 1 aromatic carbocycles. The third-order valence-electron chi connectivity index (χ3n) is 3.08. The predicted octanol–water partition coefficient (Wildman–Crippen LogP) is 4.49. The predicted molar refractivity (Wildman–Crippen MR) is 81.9 cm³/mol. The van der Waals surface area contributed by atoms with Gasteiger partial charge in [-0.05, 0) is 30.0 Å². The second-order valence-electron chi connectivity index (χ2n) is 4.90. The van der Waals surface area contributed by atoms with Gasteiger partial charge in [-0.2, -0.15) is 0 Å². The van der Waals surface area contributed by atoms with Crippen LogP contribution < -0.4 is 5.73 Å². The molecule has 2 aromatic rings. The molecule has 0 aliphatic carbocycles. The van der Waals surface area contributed by atoms with Gasteiger partial charge in [0.1, 0.15) is 17.5 Å². The van der Waals surface area contributed by atoms with Crippen LogP contribution in [0.3, 0.4) is 0 Å². The number of allylic oxidation sites excluding steroid dienone is 1. The Hall–Kier alpha value is -1.94. The summed E-state index contributed by atoms with van der Waals surface area (Å²) in [6.07, 6.45) is 5.65. The van der Waals surface area contributed by atoms with Gasteiger partial charge in [0, 0.05) is 17.8 Å². The van der Waals surface area contributed by atoms with E-state index in [4.69, 9.17) is 17.3 Å². The molecule has 5 heteroatoms. The summed E-state index contributed by atoms with van der Waals surface area (Å²) >= 11 is 5.86. The SMILES string of the molecule is CC(/C=C/c1cc(Cl)cnc1N)Cc1ccc(F)cc1F. The number of rotatable bonds is 4. The minimum Gasteiger partial charge on any atom is -0.383 e. The number of halogens is 3. The molecule has 1 atom stereocenters. The van der Waals surface area contributed by atoms with Crippen molar-refractivity contribution in [2.75, 3.05) is 5.73 Å². The van der Waals surface area contributed by atoms with Crippen LogP contribution in [0.15, 0.2) is 36.5 Å². The molecule has 0 saturated heterocycles. The Kier molecular flexibility index (Phi) is 4.91. The lowest BCUT2D eigenvalue weighted by Crippen LogP contribution is -2.00. The molecule has 21 heavy (non-hydrogen) atoms. The second kappa shape index (κ2) is 6.68. The molecule has 1 aromatic heterocycles. The maximum absolute atomic E-state index is 13.6. The van der Waals surface area contributed by atoms with E-state index in [0.29, 0.717) is 28.4 Å². The standard InChI is InChI=1S/C16H15ClF2N2/c1-10(6-11-4-5-14(18)8-15(11)19)2-3-12-7-13(17)9-21-16(12)20/h2-5,7-10H,6H2,1H3,(H2,20,21)/b3-2+. The molecule has 0 fully saturated rings. The van der Waals surface area contributed by atoms with Crippen LogP contribution in [0.25, 0.3) is 6.08 Å². The first-order valence-electron chi connectivity index (χ1n) is 6.49. The number of hydrogen-bond acceptors (Lipinski definition) is 2. The third-order valence-corrected chi connectivity index (χ3v) is 3.28. The van der Waals surface area contributed by atoms with E-state index in [2.05, 4.69) is 4.98 Å². The molecule has 2 nitrogen and oxygen atoms in total. The summed E-state index contributed by atoms with van der Waals surface area (Å²) in [5, 5.41) is 0.501. The van der Waals surface area contributed by atoms with Crippen molar-refractivity contribution >= 4 is 23.5 Å². The molecule has 0 bridgehead atoms. The van der Waals surface area contributed by atoms with Crippen LogP contribution in [0.1, 0.15) is 18.1 Å². The highest BCUT2D eigenvalue weighted by Crippen LogP contribution is 2.19. The van der Waals surface area contributed by atoms with E-state index in [9.17, 15) is 8.78 Å². The van der Waals surface area contributed by atoms with E-state index in [1.807, 2.05) is 13.0 Å². The summed E-state index contributed by atoms with van der Waals surface area (Å²) < 4.78 is 26.4. The van der Waals surface area contributed by atoms with E-state index in [1.165, 1.54) is 18.3 Å². The number of nitrogens with two attached hydrogens (primary N) is 1. The zero-order chi connectivity index (χ0) is 15.4. The van der Waals surface area contributed by atoms with Gasteiger partial charge in [-0.25, -0.2) is 13.8 Å². The molecule has 0 spiro atoms. The van der Waals surface area contributed by atoms with Gasteiger partial charge < -0.3 is 5.73 Å². The number of hydrogen-bond donors (Lipinski definition) is 1. The zero-order valence-electron chi connectivity index (χ0n) is 11.5. The Bertz CT molecular complexity index is 671. The lowest BCUT2D eigenvalue weighted by Gasteiger charge is -2.08. The van der Waals surface area contributed by atoms with Crippen molar-refractivity contribution < 1.29 is 8.78 Å². The molecule has 0 radical (unpaired) electrons. The molecule has 2 rings (SSSR count). The first-order chi connectivity index (χ1) is 9.95. The Morgan fingerprint density at radius 1 is 1.33 bits per heavy atom. The van der Waals surface area contributed by atoms with Crippen molar-refractivity contribution in [3.05, 3.63) is 64.3 Å². The Labute approximate surface area is 127 Å². The molecule has 2 N–H and O–H groups in total. The maximum Gasteiger partial charge on any atom is 0.130 e. The molecule has 0 amide bonds. The van der Waals surface area contributed by atoms with Crippen LogP contribution in [-0.4, -0.2) is 4.98 Å². The average molecular weight is 309 g/mol. The molecule has 1 unspecified atom stereocenters. The van der Waals surface area contributed by atoms with Crippen LogP contribution in [0.4, 0.5) is 14.6 Å². The van der Waals surface area contributed by atoms with Crippen LogP contribution in [0.2, 0.25) is 5.02 Å². The highest BCUT2D eigenvalue weighted by molar-refractivity contribution is 6.30. The van der Waals surface area contributed by atoms with Gasteiger partial charge in [-0.3, -0.25) is 0 Å². The number of nitrogens with zero attached hydrogens (tertiary/aromatic N) is 1. The highest BCUT2D eigenvalue weighted by atomic mass is 35.5. The van der Waals surface area contributed by atoms with Crippen molar-refractivity contribution in [1.82, 2.24) is 4.98 Å². The van der Waals surface area contributed by atoms with E-state index >= 15 is 0 Å². The summed E-state index contributed by atoms with van der Waals surface area (Å²) in [6.45, 7) is 1.94. The largest absolute Gasteiger partial charge is 0.383 e. The van der Waals surface area contributed by atoms with Crippen LogP contribution in [0, 0.1) is 17.6 Å². The molecule has 0 saturated carbocycles. The molecule has 110 valence electrons. The van der Waals surface area contributed by atoms with Crippen LogP contribution >= 0.6 is 11.6 Å². The minimum absolute atomic E-state index is 0.0587. The van der Waals surface area contributed by atoms with Crippen molar-refractivity contribution in [2.24, 2.45) is 5.92 Å². The summed E-state index contributed by atoms with van der Waals surface area (Å²) in [5.41, 5.74) is 6.94. The lowest BCUT2D eigenvalue weighted by molar-refractivity contribution is 0.562. The fraction of sp³-hybridized carbons (Fsp3) is 0.188. The van der Waals surface area contributed by atoms with Crippen molar-refractivity contribution in [3.8, 4) is 0 Å². The Morgan fingerprint density at radius 2 is 2.10 bits per heavy atom. The monoisotopic (exact) mass is 308 g/mol. The third kappa shape index (κ3) is 4.26. The van der Waals surface area contributed by atoms with Gasteiger partial charge >= 0.3 is 0 Å². The number of benzene rings is 1. The number of aromatic nitrogens is 1. The van der Waals surface area contributed by atoms with Gasteiger partial charge in [-0.1, -0.05) is 36.7 Å². The van der Waals surface area contributed by atoms with Crippen molar-refractivity contribution in [3.63, 3.8) is 0 Å². The van der Waals surface area contributed by atoms with E-state index in [1.54, 1.807) is 12.1 Å². The Morgan fingerprint density at radius 3 is 2.81 bits per heavy atom. The fourth-order valence-electron chi connectivity index (χ4n) is 1.97. The summed E-state index contributed by atoms with van der Waals surface area (Å²) in [7, 11) is 0. The highest BCUT2D eigenvalue weighted by Gasteiger charge is 2.07. The van der Waals surface area contributed by atoms with Gasteiger partial charge in [0.2, 0.25) is 0 Å². The van der Waals surface area contributed by atoms with E-state index in [-0.39, 0.29) is 5.92 Å². The molecule has 1 heterocycles. The summed E-state index contributed by atoms with van der Waals surface area (Å²) in [6, 6.07) is 5.33. The Balaban J connectivity index is 2.09. The van der Waals surface area contributed by atoms with Crippen molar-refractivity contribution in [2.45, 2.75) is 13.3 Å². The average Bonchev–Trinajstić information content (AvgIpc) is 2.43. The normalized spacial score (nSPS) is 12.8. The van der Waals surface area contributed by atoms with Gasteiger partial charge in [0.05, 0.1) is 5.02 Å². The fourth-order valence-corrected chi connectivity index (χ4v) is 2.14. The lowest BCUT2D eigenvalue weighted by atomic mass is 9.99. The van der Waals surface area contributed by atoms with E-state index < -0.39 is 11.6 Å². The van der Waals surface area contributed by atoms with Crippen molar-refractivity contribution in [1.29, 1.82) is 0 Å². The molecular weight excluding hydrogens is 294 g/mol. The van der Waals surface area contributed by atoms with Crippen LogP contribution in [0.5, 0.6) is 0 Å². The molecule has 0 aliphatic rings. The topological polar surface area (TPSA) is 38.9 Å². The number of pyridine rings is 1. The summed E-state index contributed by atoms with van der Waals surface area (Å²) in [5.74, 6) is -0.657. The summed E-state index contributed by atoms with van der Waals surface area (Å²) in [4.78, 5) is 3.96. The van der Waals surface area contributed by atoms with Gasteiger partial charge in [0.15, 0.2) is 0 Å². The molecule has 0 aliphatic heterocycles. The van der Waals surface area contributed by atoms with Gasteiger partial charge in [0.25, 0.3) is 0 Å². The number of anilines is 1. The molecular formula is C16H15ClF2N2. The number of nitrogen functional groups attached to an aromatic ring is 1. The van der Waals surface area contributed by atoms with Crippen LogP contribution in [-0.2, 0) is 6.42 Å². The van der Waals surface area contributed by atoms with E-state index in [0.717, 1.165) is 6.07 Å². The maximum atomic E-state index is 13.6. The first-order valence-corrected chi connectivity index (χ1v) is 6.86. The zero-order valence-corrected chi connectivity index (χ0v) is 12.2. The second-order valence-corrected chi connectivity index (χ2v) is 5.34. The van der Waals surface area contributed by atoms with Gasteiger partial charge in [-0.15, -0.1) is 0 Å². The first kappa shape index (κ1) is 15.4.